The van der Waals surface area contributed by atoms with E-state index >= 15 is 0 Å². The summed E-state index contributed by atoms with van der Waals surface area (Å²) in [7, 11) is 0. The van der Waals surface area contributed by atoms with Gasteiger partial charge in [0.15, 0.2) is 5.96 Å². The van der Waals surface area contributed by atoms with Crippen LogP contribution in [0.5, 0.6) is 0 Å². The molecule has 4 N–H and O–H groups in total. The lowest BCUT2D eigenvalue weighted by Gasteiger charge is -2.14. The minimum Gasteiger partial charge on any atom is -0.467 e. The molecule has 1 aromatic heterocycles. The van der Waals surface area contributed by atoms with Crippen LogP contribution in [0.4, 0.5) is 4.39 Å². The van der Waals surface area contributed by atoms with Gasteiger partial charge in [0, 0.05) is 19.7 Å². The van der Waals surface area contributed by atoms with Crippen LogP contribution in [0.25, 0.3) is 0 Å². The molecule has 1 heterocycles. The molecule has 0 spiro atoms. The van der Waals surface area contributed by atoms with Crippen molar-refractivity contribution in [1.29, 1.82) is 0 Å². The first-order chi connectivity index (χ1) is 14.1. The molecule has 0 bridgehead atoms. The number of nitrogens with two attached hydrogens (primary N) is 1. The summed E-state index contributed by atoms with van der Waals surface area (Å²) in [5.41, 5.74) is 6.37. The summed E-state index contributed by atoms with van der Waals surface area (Å²) in [6.07, 6.45) is 2.83. The van der Waals surface area contributed by atoms with Crippen LogP contribution in [0.1, 0.15) is 24.7 Å². The average molecular weight is 532 g/mol. The molecule has 7 nitrogen and oxygen atoms in total. The van der Waals surface area contributed by atoms with Crippen LogP contribution >= 0.6 is 24.0 Å². The van der Waals surface area contributed by atoms with Crippen LogP contribution < -0.4 is 16.4 Å². The van der Waals surface area contributed by atoms with E-state index in [1.165, 1.54) is 12.1 Å². The van der Waals surface area contributed by atoms with Gasteiger partial charge in [0.2, 0.25) is 5.91 Å². The van der Waals surface area contributed by atoms with Crippen LogP contribution in [-0.2, 0) is 22.6 Å². The van der Waals surface area contributed by atoms with Gasteiger partial charge in [-0.25, -0.2) is 4.39 Å². The van der Waals surface area contributed by atoms with Gasteiger partial charge in [-0.3, -0.25) is 9.79 Å². The third kappa shape index (κ3) is 10.1. The summed E-state index contributed by atoms with van der Waals surface area (Å²) >= 11 is 0. The van der Waals surface area contributed by atoms with Crippen molar-refractivity contribution in [1.82, 2.24) is 10.6 Å². The summed E-state index contributed by atoms with van der Waals surface area (Å²) in [5.74, 6) is 0.206. The highest BCUT2D eigenvalue weighted by molar-refractivity contribution is 14.0. The van der Waals surface area contributed by atoms with Gasteiger partial charge in [-0.05, 0) is 49.6 Å². The van der Waals surface area contributed by atoms with Gasteiger partial charge in [0.25, 0.3) is 0 Å². The highest BCUT2D eigenvalue weighted by Gasteiger charge is 2.16. The second-order valence-corrected chi connectivity index (χ2v) is 6.56. The molecule has 1 atom stereocenters. The number of carbonyl (C=O) groups is 1. The molecule has 9 heteroatoms. The predicted octanol–water partition coefficient (Wildman–Crippen LogP) is 2.84. The van der Waals surface area contributed by atoms with E-state index in [2.05, 4.69) is 15.6 Å². The molecule has 0 saturated heterocycles. The first-order valence-electron chi connectivity index (χ1n) is 9.74. The zero-order valence-electron chi connectivity index (χ0n) is 17.1. The van der Waals surface area contributed by atoms with E-state index in [4.69, 9.17) is 14.9 Å². The number of aliphatic imine (C=N–C) groups is 1. The Kier molecular flexibility index (Phi) is 12.8. The summed E-state index contributed by atoms with van der Waals surface area (Å²) in [5, 5.41) is 6.36. The highest BCUT2D eigenvalue weighted by Crippen LogP contribution is 2.10. The fourth-order valence-electron chi connectivity index (χ4n) is 2.65. The quantitative estimate of drug-likeness (QED) is 0.169. The Morgan fingerprint density at radius 2 is 2.03 bits per heavy atom. The van der Waals surface area contributed by atoms with Gasteiger partial charge >= 0.3 is 0 Å². The number of halogens is 2. The third-order valence-electron chi connectivity index (χ3n) is 4.19. The Labute approximate surface area is 193 Å². The third-order valence-corrected chi connectivity index (χ3v) is 4.19. The number of guanidine groups is 1. The van der Waals surface area contributed by atoms with Crippen molar-refractivity contribution in [2.24, 2.45) is 16.6 Å². The van der Waals surface area contributed by atoms with Gasteiger partial charge in [0.1, 0.15) is 18.2 Å². The molecule has 30 heavy (non-hydrogen) atoms. The van der Waals surface area contributed by atoms with E-state index in [1.54, 1.807) is 18.4 Å². The number of furan rings is 1. The fraction of sp³-hybridized carbons (Fsp3) is 0.429. The molecule has 1 amide bonds. The molecule has 0 aliphatic heterocycles. The molecule has 1 aromatic carbocycles. The Hall–Kier alpha value is -2.14. The molecule has 0 aliphatic rings. The number of ether oxygens (including phenoxy) is 1. The van der Waals surface area contributed by atoms with Gasteiger partial charge < -0.3 is 25.5 Å². The maximum absolute atomic E-state index is 13.0. The predicted molar refractivity (Wildman–Crippen MR) is 125 cm³/mol. The molecule has 1 unspecified atom stereocenters. The smallest absolute Gasteiger partial charge is 0.222 e. The largest absolute Gasteiger partial charge is 0.467 e. The number of carbonyl (C=O) groups excluding carboxylic acids is 1. The Morgan fingerprint density at radius 3 is 2.67 bits per heavy atom. The summed E-state index contributed by atoms with van der Waals surface area (Å²) in [6, 6.07) is 9.75. The number of benzene rings is 1. The van der Waals surface area contributed by atoms with E-state index < -0.39 is 11.8 Å². The van der Waals surface area contributed by atoms with Crippen LogP contribution in [-0.4, -0.2) is 38.1 Å². The monoisotopic (exact) mass is 532 g/mol. The number of rotatable bonds is 12. The SMILES string of the molecule is CCNC(=NCC(Cc1ccc(F)cc1)C(N)=O)NCCCOCc1ccco1.I. The number of nitrogens with one attached hydrogen (secondary N) is 2. The molecule has 166 valence electrons. The number of primary amides is 1. The minimum atomic E-state index is -0.465. The van der Waals surface area contributed by atoms with Crippen molar-refractivity contribution in [3.05, 3.63) is 59.8 Å². The maximum Gasteiger partial charge on any atom is 0.222 e. The minimum absolute atomic E-state index is 0. The lowest BCUT2D eigenvalue weighted by molar-refractivity contribution is -0.121. The van der Waals surface area contributed by atoms with Crippen molar-refractivity contribution in [3.63, 3.8) is 0 Å². The standard InChI is InChI=1S/C21H29FN4O3.HI/c1-2-24-21(25-10-4-11-28-15-19-5-3-12-29-19)26-14-17(20(23)27)13-16-6-8-18(22)9-7-16;/h3,5-9,12,17H,2,4,10-11,13-15H2,1H3,(H2,23,27)(H2,24,25,26);1H. The van der Waals surface area contributed by atoms with E-state index in [9.17, 15) is 9.18 Å². The molecule has 2 rings (SSSR count). The van der Waals surface area contributed by atoms with Crippen molar-refractivity contribution < 1.29 is 18.3 Å². The van der Waals surface area contributed by atoms with Gasteiger partial charge in [0.05, 0.1) is 18.7 Å². The van der Waals surface area contributed by atoms with Crippen molar-refractivity contribution in [3.8, 4) is 0 Å². The van der Waals surface area contributed by atoms with E-state index in [0.29, 0.717) is 38.7 Å². The molecular formula is C21H30FIN4O3. The molecular weight excluding hydrogens is 502 g/mol. The normalized spacial score (nSPS) is 12.1. The Bertz CT molecular complexity index is 754. The van der Waals surface area contributed by atoms with Gasteiger partial charge in [-0.15, -0.1) is 24.0 Å². The number of nitrogens with zero attached hydrogens (tertiary/aromatic N) is 1. The van der Waals surface area contributed by atoms with Crippen LogP contribution in [0.3, 0.4) is 0 Å². The lowest BCUT2D eigenvalue weighted by atomic mass is 9.99. The first kappa shape index (κ1) is 25.9. The van der Waals surface area contributed by atoms with Crippen molar-refractivity contribution >= 4 is 35.8 Å². The van der Waals surface area contributed by atoms with Gasteiger partial charge in [-0.1, -0.05) is 12.1 Å². The second kappa shape index (κ2) is 14.8. The molecule has 0 aliphatic carbocycles. The summed E-state index contributed by atoms with van der Waals surface area (Å²) in [4.78, 5) is 16.3. The molecule has 0 saturated carbocycles. The van der Waals surface area contributed by atoms with Crippen LogP contribution in [0.2, 0.25) is 0 Å². The topological polar surface area (TPSA) is 102 Å². The van der Waals surface area contributed by atoms with E-state index in [1.807, 2.05) is 19.1 Å². The van der Waals surface area contributed by atoms with Crippen LogP contribution in [0.15, 0.2) is 52.1 Å². The number of hydrogen-bond acceptors (Lipinski definition) is 4. The van der Waals surface area contributed by atoms with Crippen molar-refractivity contribution in [2.75, 3.05) is 26.2 Å². The Balaban J connectivity index is 0.00000450. The molecule has 2 aromatic rings. The zero-order chi connectivity index (χ0) is 20.9. The Morgan fingerprint density at radius 1 is 1.27 bits per heavy atom. The highest BCUT2D eigenvalue weighted by atomic mass is 127. The fourth-order valence-corrected chi connectivity index (χ4v) is 2.65. The average Bonchev–Trinajstić information content (AvgIpc) is 3.22. The van der Waals surface area contributed by atoms with E-state index in [-0.39, 0.29) is 36.3 Å². The van der Waals surface area contributed by atoms with Crippen LogP contribution in [0, 0.1) is 11.7 Å². The molecule has 0 fully saturated rings. The molecule has 0 radical (unpaired) electrons. The zero-order valence-corrected chi connectivity index (χ0v) is 19.4. The van der Waals surface area contributed by atoms with Gasteiger partial charge in [-0.2, -0.15) is 0 Å². The number of hydrogen-bond donors (Lipinski definition) is 3. The maximum atomic E-state index is 13.0. The first-order valence-corrected chi connectivity index (χ1v) is 9.74. The second-order valence-electron chi connectivity index (χ2n) is 6.56. The lowest BCUT2D eigenvalue weighted by Crippen LogP contribution is -2.39. The van der Waals surface area contributed by atoms with E-state index in [0.717, 1.165) is 17.7 Å². The van der Waals surface area contributed by atoms with Crippen molar-refractivity contribution in [2.45, 2.75) is 26.4 Å². The number of amides is 1. The summed E-state index contributed by atoms with van der Waals surface area (Å²) in [6.45, 7) is 4.61. The summed E-state index contributed by atoms with van der Waals surface area (Å²) < 4.78 is 23.8.